The van der Waals surface area contributed by atoms with Crippen molar-refractivity contribution in [2.24, 2.45) is 0 Å². The monoisotopic (exact) mass is 258 g/mol. The molecule has 0 saturated carbocycles. The molecule has 2 aliphatic heterocycles. The highest BCUT2D eigenvalue weighted by Crippen LogP contribution is 2.28. The predicted octanol–water partition coefficient (Wildman–Crippen LogP) is 2.14. The number of hydrogen-bond acceptors (Lipinski definition) is 2. The molecule has 0 aromatic heterocycles. The Bertz CT molecular complexity index is 418. The molecule has 0 radical (unpaired) electrons. The smallest absolute Gasteiger partial charge is 0.239 e. The van der Waals surface area contributed by atoms with Crippen LogP contribution in [0.4, 0.5) is 0 Å². The molecular formula is C16H22N2O. The van der Waals surface area contributed by atoms with Crippen molar-refractivity contribution in [3.05, 3.63) is 35.9 Å². The zero-order valence-electron chi connectivity index (χ0n) is 11.3. The minimum Gasteiger partial charge on any atom is -0.341 e. The number of hydrogen-bond donors (Lipinski definition) is 1. The van der Waals surface area contributed by atoms with Gasteiger partial charge >= 0.3 is 0 Å². The van der Waals surface area contributed by atoms with Crippen LogP contribution >= 0.6 is 0 Å². The van der Waals surface area contributed by atoms with Crippen LogP contribution in [0.3, 0.4) is 0 Å². The molecule has 3 nitrogen and oxygen atoms in total. The Balaban J connectivity index is 1.56. The van der Waals surface area contributed by atoms with Gasteiger partial charge in [0.15, 0.2) is 0 Å². The van der Waals surface area contributed by atoms with Crippen molar-refractivity contribution in [2.75, 3.05) is 19.6 Å². The van der Waals surface area contributed by atoms with Gasteiger partial charge in [0, 0.05) is 13.1 Å². The molecule has 1 aromatic rings. The van der Waals surface area contributed by atoms with Gasteiger partial charge in [-0.05, 0) is 43.7 Å². The molecule has 2 fully saturated rings. The van der Waals surface area contributed by atoms with Gasteiger partial charge in [0.05, 0.1) is 6.04 Å². The van der Waals surface area contributed by atoms with E-state index in [-0.39, 0.29) is 6.04 Å². The van der Waals surface area contributed by atoms with Crippen LogP contribution in [-0.4, -0.2) is 36.5 Å². The van der Waals surface area contributed by atoms with E-state index in [1.807, 2.05) is 0 Å². The number of nitrogens with one attached hydrogen (secondary N) is 1. The fourth-order valence-corrected chi connectivity index (χ4v) is 3.27. The second kappa shape index (κ2) is 5.74. The number of nitrogens with zero attached hydrogens (tertiary/aromatic N) is 1. The Hall–Kier alpha value is -1.35. The van der Waals surface area contributed by atoms with E-state index in [2.05, 4.69) is 40.5 Å². The van der Waals surface area contributed by atoms with Crippen LogP contribution in [0, 0.1) is 0 Å². The molecule has 1 aromatic carbocycles. The maximum absolute atomic E-state index is 12.3. The fraction of sp³-hybridized carbons (Fsp3) is 0.562. The lowest BCUT2D eigenvalue weighted by atomic mass is 9.89. The Morgan fingerprint density at radius 3 is 2.47 bits per heavy atom. The van der Waals surface area contributed by atoms with Crippen LogP contribution in [-0.2, 0) is 4.79 Å². The quantitative estimate of drug-likeness (QED) is 0.881. The summed E-state index contributed by atoms with van der Waals surface area (Å²) in [6.45, 7) is 2.82. The largest absolute Gasteiger partial charge is 0.341 e. The van der Waals surface area contributed by atoms with Crippen molar-refractivity contribution in [3.8, 4) is 0 Å². The summed E-state index contributed by atoms with van der Waals surface area (Å²) < 4.78 is 0. The first-order valence-corrected chi connectivity index (χ1v) is 7.42. The molecule has 0 bridgehead atoms. The summed E-state index contributed by atoms with van der Waals surface area (Å²) in [7, 11) is 0. The molecule has 1 amide bonds. The second-order valence-electron chi connectivity index (χ2n) is 5.66. The van der Waals surface area contributed by atoms with E-state index < -0.39 is 0 Å². The Morgan fingerprint density at radius 1 is 1.11 bits per heavy atom. The van der Waals surface area contributed by atoms with Crippen LogP contribution in [0.2, 0.25) is 0 Å². The molecule has 1 N–H and O–H groups in total. The van der Waals surface area contributed by atoms with E-state index in [0.717, 1.165) is 45.3 Å². The molecule has 0 unspecified atom stereocenters. The highest BCUT2D eigenvalue weighted by molar-refractivity contribution is 5.82. The van der Waals surface area contributed by atoms with Crippen molar-refractivity contribution in [2.45, 2.75) is 37.6 Å². The van der Waals surface area contributed by atoms with Crippen molar-refractivity contribution >= 4 is 5.91 Å². The normalized spacial score (nSPS) is 24.6. The van der Waals surface area contributed by atoms with E-state index in [4.69, 9.17) is 0 Å². The third-order valence-corrected chi connectivity index (χ3v) is 4.44. The van der Waals surface area contributed by atoms with Crippen molar-refractivity contribution in [3.63, 3.8) is 0 Å². The molecule has 2 heterocycles. The number of piperidine rings is 1. The van der Waals surface area contributed by atoms with Crippen molar-refractivity contribution in [1.29, 1.82) is 0 Å². The van der Waals surface area contributed by atoms with Crippen molar-refractivity contribution in [1.82, 2.24) is 10.2 Å². The second-order valence-corrected chi connectivity index (χ2v) is 5.66. The zero-order valence-corrected chi connectivity index (χ0v) is 11.3. The van der Waals surface area contributed by atoms with Crippen LogP contribution in [0.1, 0.15) is 37.2 Å². The molecule has 1 atom stereocenters. The highest BCUT2D eigenvalue weighted by Gasteiger charge is 2.29. The lowest BCUT2D eigenvalue weighted by molar-refractivity contribution is -0.134. The average molecular weight is 258 g/mol. The summed E-state index contributed by atoms with van der Waals surface area (Å²) in [6.07, 6.45) is 4.35. The molecule has 0 aliphatic carbocycles. The van der Waals surface area contributed by atoms with Gasteiger partial charge in [0.2, 0.25) is 5.91 Å². The summed E-state index contributed by atoms with van der Waals surface area (Å²) >= 11 is 0. The lowest BCUT2D eigenvalue weighted by Crippen LogP contribution is -2.46. The topological polar surface area (TPSA) is 32.3 Å². The summed E-state index contributed by atoms with van der Waals surface area (Å²) in [4.78, 5) is 14.4. The van der Waals surface area contributed by atoms with Gasteiger partial charge in [-0.15, -0.1) is 0 Å². The molecule has 2 saturated heterocycles. The molecule has 19 heavy (non-hydrogen) atoms. The lowest BCUT2D eigenvalue weighted by Gasteiger charge is -2.33. The van der Waals surface area contributed by atoms with Crippen LogP contribution in [0.15, 0.2) is 30.3 Å². The first-order valence-electron chi connectivity index (χ1n) is 7.42. The standard InChI is InChI=1S/C16H22N2O/c19-16(15-7-4-10-17-15)18-11-8-14(9-12-18)13-5-2-1-3-6-13/h1-3,5-6,14-15,17H,4,7-12H2/t15-/m1/s1. The fourth-order valence-electron chi connectivity index (χ4n) is 3.27. The Morgan fingerprint density at radius 2 is 1.84 bits per heavy atom. The van der Waals surface area contributed by atoms with Gasteiger partial charge in [-0.3, -0.25) is 4.79 Å². The van der Waals surface area contributed by atoms with Gasteiger partial charge in [-0.25, -0.2) is 0 Å². The molecule has 2 aliphatic rings. The molecule has 3 heteroatoms. The molecule has 0 spiro atoms. The maximum Gasteiger partial charge on any atom is 0.239 e. The van der Waals surface area contributed by atoms with Gasteiger partial charge in [0.1, 0.15) is 0 Å². The summed E-state index contributed by atoms with van der Waals surface area (Å²) in [5.74, 6) is 0.950. The number of likely N-dealkylation sites (tertiary alicyclic amines) is 1. The van der Waals surface area contributed by atoms with E-state index in [0.29, 0.717) is 11.8 Å². The minimum atomic E-state index is 0.0910. The number of amides is 1. The molecule has 102 valence electrons. The summed E-state index contributed by atoms with van der Waals surface area (Å²) in [6, 6.07) is 10.8. The number of rotatable bonds is 2. The zero-order chi connectivity index (χ0) is 13.1. The number of carbonyl (C=O) groups excluding carboxylic acids is 1. The van der Waals surface area contributed by atoms with Crippen LogP contribution in [0.5, 0.6) is 0 Å². The van der Waals surface area contributed by atoms with Gasteiger partial charge < -0.3 is 10.2 Å². The van der Waals surface area contributed by atoms with E-state index >= 15 is 0 Å². The first-order chi connectivity index (χ1) is 9.34. The third-order valence-electron chi connectivity index (χ3n) is 4.44. The molecular weight excluding hydrogens is 236 g/mol. The number of benzene rings is 1. The maximum atomic E-state index is 12.3. The SMILES string of the molecule is O=C([C@H]1CCCN1)N1CCC(c2ccccc2)CC1. The van der Waals surface area contributed by atoms with Crippen molar-refractivity contribution < 1.29 is 4.79 Å². The predicted molar refractivity (Wildman–Crippen MR) is 76.0 cm³/mol. The average Bonchev–Trinajstić information content (AvgIpc) is 3.02. The third kappa shape index (κ3) is 2.81. The van der Waals surface area contributed by atoms with Gasteiger partial charge in [-0.2, -0.15) is 0 Å². The first kappa shape index (κ1) is 12.7. The number of carbonyl (C=O) groups is 1. The summed E-state index contributed by atoms with van der Waals surface area (Å²) in [5, 5.41) is 3.31. The minimum absolute atomic E-state index is 0.0910. The summed E-state index contributed by atoms with van der Waals surface area (Å²) in [5.41, 5.74) is 1.42. The van der Waals surface area contributed by atoms with E-state index in [1.54, 1.807) is 0 Å². The molecule has 3 rings (SSSR count). The van der Waals surface area contributed by atoms with E-state index in [9.17, 15) is 4.79 Å². The van der Waals surface area contributed by atoms with E-state index in [1.165, 1.54) is 5.56 Å². The Kier molecular flexibility index (Phi) is 3.83. The highest BCUT2D eigenvalue weighted by atomic mass is 16.2. The van der Waals surface area contributed by atoms with Gasteiger partial charge in [0.25, 0.3) is 0 Å². The van der Waals surface area contributed by atoms with Crippen LogP contribution in [0.25, 0.3) is 0 Å². The Labute approximate surface area is 115 Å². The van der Waals surface area contributed by atoms with Gasteiger partial charge in [-0.1, -0.05) is 30.3 Å². The van der Waals surface area contributed by atoms with Crippen LogP contribution < -0.4 is 5.32 Å².